The van der Waals surface area contributed by atoms with Crippen molar-refractivity contribution in [1.29, 1.82) is 0 Å². The number of carbonyl (C=O) groups excluding carboxylic acids is 4. The molecule has 4 heterocycles. The van der Waals surface area contributed by atoms with Gasteiger partial charge in [-0.3, -0.25) is 29.0 Å². The number of amides is 4. The van der Waals surface area contributed by atoms with Gasteiger partial charge in [0.2, 0.25) is 11.8 Å². The van der Waals surface area contributed by atoms with Crippen molar-refractivity contribution in [2.24, 2.45) is 0 Å². The molecule has 15 nitrogen and oxygen atoms in total. The zero-order valence-corrected chi connectivity index (χ0v) is 39.2. The monoisotopic (exact) mass is 916 g/mol. The zero-order valence-electron chi connectivity index (χ0n) is 39.2. The van der Waals surface area contributed by atoms with Crippen LogP contribution in [-0.2, 0) is 53.6 Å². The molecule has 0 saturated carbocycles. The molecule has 4 aromatic rings. The van der Waals surface area contributed by atoms with Crippen LogP contribution in [0.3, 0.4) is 0 Å². The van der Waals surface area contributed by atoms with Gasteiger partial charge in [-0.2, -0.15) is 0 Å². The van der Waals surface area contributed by atoms with Crippen LogP contribution in [0, 0.1) is 0 Å². The first-order valence-corrected chi connectivity index (χ1v) is 23.6. The Morgan fingerprint density at radius 1 is 0.478 bits per heavy atom. The SMILES string of the molecule is CC(C)c1cc(C(=O)N2Cc3ccc(CN4CCN(C(=O)CCOCCC(=O)N5CCN(Cc6ccc7c(c6)CN(C(=O)c6cc(C(C)C)c(O)cc6O)C7)CC5)CC4)cc3C2)c(O)cc1O. The number of hydrogen-bond acceptors (Lipinski definition) is 11. The van der Waals surface area contributed by atoms with E-state index in [-0.39, 0.29) is 95.6 Å². The molecule has 0 bridgehead atoms. The van der Waals surface area contributed by atoms with Crippen LogP contribution in [0.4, 0.5) is 0 Å². The first-order chi connectivity index (χ1) is 32.1. The topological polar surface area (TPSA) is 178 Å². The fourth-order valence-corrected chi connectivity index (χ4v) is 9.74. The molecule has 4 aliphatic rings. The third-order valence-electron chi connectivity index (χ3n) is 13.7. The fraction of sp³-hybridized carbons (Fsp3) is 0.462. The van der Waals surface area contributed by atoms with Crippen molar-refractivity contribution in [1.82, 2.24) is 29.4 Å². The lowest BCUT2D eigenvalue weighted by atomic mass is 9.98. The maximum Gasteiger partial charge on any atom is 0.258 e. The van der Waals surface area contributed by atoms with E-state index in [0.29, 0.717) is 63.5 Å². The summed E-state index contributed by atoms with van der Waals surface area (Å²) in [6.45, 7) is 17.0. The molecule has 356 valence electrons. The third kappa shape index (κ3) is 10.8. The summed E-state index contributed by atoms with van der Waals surface area (Å²) in [6.07, 6.45) is 0.539. The Balaban J connectivity index is 0.698. The second-order valence-corrected chi connectivity index (χ2v) is 19.1. The molecule has 0 aromatic heterocycles. The van der Waals surface area contributed by atoms with Crippen LogP contribution in [0.5, 0.6) is 23.0 Å². The molecule has 0 unspecified atom stereocenters. The molecule has 67 heavy (non-hydrogen) atoms. The van der Waals surface area contributed by atoms with Crippen molar-refractivity contribution in [2.75, 3.05) is 65.6 Å². The summed E-state index contributed by atoms with van der Waals surface area (Å²) < 4.78 is 5.77. The van der Waals surface area contributed by atoms with Crippen molar-refractivity contribution in [3.8, 4) is 23.0 Å². The van der Waals surface area contributed by atoms with Gasteiger partial charge in [-0.25, -0.2) is 0 Å². The number of hydrogen-bond donors (Lipinski definition) is 4. The summed E-state index contributed by atoms with van der Waals surface area (Å²) in [4.78, 5) is 64.8. The quantitative estimate of drug-likeness (QED) is 0.112. The van der Waals surface area contributed by atoms with E-state index in [0.717, 1.165) is 72.6 Å². The lowest BCUT2D eigenvalue weighted by Crippen LogP contribution is -2.48. The number of aromatic hydroxyl groups is 4. The first-order valence-electron chi connectivity index (χ1n) is 23.6. The highest BCUT2D eigenvalue weighted by Crippen LogP contribution is 2.36. The normalized spacial score (nSPS) is 16.6. The van der Waals surface area contributed by atoms with Crippen LogP contribution in [0.1, 0.15) is 118 Å². The van der Waals surface area contributed by atoms with Gasteiger partial charge >= 0.3 is 0 Å². The molecule has 4 aromatic carbocycles. The first kappa shape index (κ1) is 47.3. The van der Waals surface area contributed by atoms with Gasteiger partial charge in [0.25, 0.3) is 11.8 Å². The van der Waals surface area contributed by atoms with Gasteiger partial charge in [-0.15, -0.1) is 0 Å². The van der Waals surface area contributed by atoms with Gasteiger partial charge in [0, 0.05) is 104 Å². The van der Waals surface area contributed by atoms with Crippen LogP contribution in [0.15, 0.2) is 60.7 Å². The van der Waals surface area contributed by atoms with Gasteiger partial charge in [-0.1, -0.05) is 64.1 Å². The Morgan fingerprint density at radius 2 is 0.851 bits per heavy atom. The summed E-state index contributed by atoms with van der Waals surface area (Å²) in [5, 5.41) is 41.4. The molecule has 15 heteroatoms. The third-order valence-corrected chi connectivity index (χ3v) is 13.7. The standard InChI is InChI=1S/C52H64N6O9/c1-33(2)41-23-43(47(61)25-45(41)59)51(65)57-29-37-7-5-35(21-39(37)31-57)27-53-11-15-55(16-12-53)49(63)9-19-67-20-10-50(64)56-17-13-54(14-18-56)28-36-6-8-38-30-58(32-40(38)22-36)52(66)44-24-42(34(3)4)46(60)26-48(44)62/h5-8,21-26,33-34,59-62H,9-20,27-32H2,1-4H3. The number of piperazine rings is 2. The maximum atomic E-state index is 13.4. The van der Waals surface area contributed by atoms with Crippen LogP contribution in [0.2, 0.25) is 0 Å². The smallest absolute Gasteiger partial charge is 0.258 e. The lowest BCUT2D eigenvalue weighted by Gasteiger charge is -2.35. The molecular weight excluding hydrogens is 853 g/mol. The molecule has 8 rings (SSSR count). The minimum absolute atomic E-state index is 0.000482. The van der Waals surface area contributed by atoms with Crippen LogP contribution in [0.25, 0.3) is 0 Å². The Morgan fingerprint density at radius 3 is 1.22 bits per heavy atom. The number of benzene rings is 4. The lowest BCUT2D eigenvalue weighted by molar-refractivity contribution is -0.135. The zero-order chi connectivity index (χ0) is 47.5. The van der Waals surface area contributed by atoms with Crippen molar-refractivity contribution in [3.63, 3.8) is 0 Å². The molecule has 0 aliphatic carbocycles. The molecular formula is C52H64N6O9. The van der Waals surface area contributed by atoms with Gasteiger partial charge in [0.15, 0.2) is 0 Å². The van der Waals surface area contributed by atoms with E-state index in [4.69, 9.17) is 4.74 Å². The van der Waals surface area contributed by atoms with Crippen molar-refractivity contribution < 1.29 is 44.3 Å². The number of nitrogens with zero attached hydrogens (tertiary/aromatic N) is 6. The van der Waals surface area contributed by atoms with E-state index in [9.17, 15) is 39.6 Å². The Labute approximate surface area is 392 Å². The van der Waals surface area contributed by atoms with Crippen molar-refractivity contribution in [2.45, 2.75) is 91.6 Å². The largest absolute Gasteiger partial charge is 0.508 e. The van der Waals surface area contributed by atoms with Gasteiger partial charge in [0.1, 0.15) is 23.0 Å². The van der Waals surface area contributed by atoms with Crippen LogP contribution in [-0.4, -0.2) is 139 Å². The summed E-state index contributed by atoms with van der Waals surface area (Å²) in [5.41, 5.74) is 8.23. The number of ether oxygens (including phenoxy) is 1. The molecule has 0 spiro atoms. The van der Waals surface area contributed by atoms with E-state index < -0.39 is 0 Å². The van der Waals surface area contributed by atoms with Crippen molar-refractivity contribution in [3.05, 3.63) is 116 Å². The highest BCUT2D eigenvalue weighted by atomic mass is 16.5. The number of rotatable bonds is 14. The molecule has 0 atom stereocenters. The highest BCUT2D eigenvalue weighted by Gasteiger charge is 2.30. The van der Waals surface area contributed by atoms with Crippen LogP contribution < -0.4 is 0 Å². The van der Waals surface area contributed by atoms with Gasteiger partial charge in [0.05, 0.1) is 37.2 Å². The van der Waals surface area contributed by atoms with E-state index in [1.807, 2.05) is 37.5 Å². The number of fused-ring (bicyclic) bond motifs is 2. The van der Waals surface area contributed by atoms with Gasteiger partial charge < -0.3 is 44.8 Å². The van der Waals surface area contributed by atoms with Crippen molar-refractivity contribution >= 4 is 23.6 Å². The average molecular weight is 917 g/mol. The number of phenols is 4. The highest BCUT2D eigenvalue weighted by molar-refractivity contribution is 5.98. The van der Waals surface area contributed by atoms with Gasteiger partial charge in [-0.05, 0) is 68.5 Å². The van der Waals surface area contributed by atoms with Crippen LogP contribution >= 0.6 is 0 Å². The minimum Gasteiger partial charge on any atom is -0.508 e. The molecule has 0 radical (unpaired) electrons. The Hall–Kier alpha value is -6.16. The molecule has 2 saturated heterocycles. The minimum atomic E-state index is -0.268. The second kappa shape index (κ2) is 20.4. The predicted molar refractivity (Wildman–Crippen MR) is 252 cm³/mol. The summed E-state index contributed by atoms with van der Waals surface area (Å²) >= 11 is 0. The summed E-state index contributed by atoms with van der Waals surface area (Å²) in [7, 11) is 0. The summed E-state index contributed by atoms with van der Waals surface area (Å²) in [5.74, 6) is -0.923. The second-order valence-electron chi connectivity index (χ2n) is 19.1. The molecule has 4 amide bonds. The van der Waals surface area contributed by atoms with E-state index in [1.165, 1.54) is 12.1 Å². The molecule has 4 N–H and O–H groups in total. The fourth-order valence-electron chi connectivity index (χ4n) is 9.74. The van der Waals surface area contributed by atoms with E-state index >= 15 is 0 Å². The average Bonchev–Trinajstić information content (AvgIpc) is 3.93. The van der Waals surface area contributed by atoms with E-state index in [1.54, 1.807) is 21.9 Å². The summed E-state index contributed by atoms with van der Waals surface area (Å²) in [6, 6.07) is 18.3. The molecule has 4 aliphatic heterocycles. The Bertz CT molecular complexity index is 2340. The number of carbonyl (C=O) groups is 4. The Kier molecular flexibility index (Phi) is 14.4. The predicted octanol–water partition coefficient (Wildman–Crippen LogP) is 5.85. The number of phenolic OH excluding ortho intramolecular Hbond substituents is 4. The maximum absolute atomic E-state index is 13.4. The molecule has 2 fully saturated rings. The van der Waals surface area contributed by atoms with E-state index in [2.05, 4.69) is 46.2 Å².